The molecule has 0 aromatic rings. The Kier molecular flexibility index (Phi) is 4.83. The molecule has 2 rings (SSSR count). The normalized spacial score (nSPS) is 29.3. The van der Waals surface area contributed by atoms with Crippen molar-refractivity contribution in [1.29, 1.82) is 0 Å². The van der Waals surface area contributed by atoms with Crippen molar-refractivity contribution in [3.63, 3.8) is 0 Å². The molecule has 2 saturated heterocycles. The highest BCUT2D eigenvalue weighted by Gasteiger charge is 2.25. The van der Waals surface area contributed by atoms with E-state index >= 15 is 0 Å². The highest BCUT2D eigenvalue weighted by Crippen LogP contribution is 2.23. The van der Waals surface area contributed by atoms with E-state index in [0.717, 1.165) is 11.8 Å². The van der Waals surface area contributed by atoms with Crippen molar-refractivity contribution in [3.05, 3.63) is 0 Å². The van der Waals surface area contributed by atoms with E-state index in [0.29, 0.717) is 6.04 Å². The van der Waals surface area contributed by atoms with Gasteiger partial charge >= 0.3 is 0 Å². The first-order chi connectivity index (χ1) is 8.15. The van der Waals surface area contributed by atoms with E-state index < -0.39 is 0 Å². The molecule has 17 heavy (non-hydrogen) atoms. The second kappa shape index (κ2) is 6.17. The Bertz CT molecular complexity index is 222. The molecule has 0 bridgehead atoms. The van der Waals surface area contributed by atoms with Crippen molar-refractivity contribution in [2.24, 2.45) is 17.6 Å². The van der Waals surface area contributed by atoms with Gasteiger partial charge in [-0.1, -0.05) is 13.8 Å². The summed E-state index contributed by atoms with van der Waals surface area (Å²) >= 11 is 0. The minimum atomic E-state index is 0.461. The van der Waals surface area contributed by atoms with Gasteiger partial charge in [0.05, 0.1) is 0 Å². The molecule has 0 aromatic heterocycles. The second-order valence-corrected chi connectivity index (χ2v) is 6.27. The lowest BCUT2D eigenvalue weighted by atomic mass is 9.95. The summed E-state index contributed by atoms with van der Waals surface area (Å²) in [5.41, 5.74) is 5.93. The minimum Gasteiger partial charge on any atom is -0.328 e. The van der Waals surface area contributed by atoms with Gasteiger partial charge in [-0.2, -0.15) is 0 Å². The zero-order valence-corrected chi connectivity index (χ0v) is 11.6. The van der Waals surface area contributed by atoms with Crippen LogP contribution >= 0.6 is 0 Å². The number of nitrogens with two attached hydrogens (primary N) is 1. The highest BCUT2D eigenvalue weighted by molar-refractivity contribution is 4.79. The summed E-state index contributed by atoms with van der Waals surface area (Å²) in [6, 6.07) is 0.461. The van der Waals surface area contributed by atoms with E-state index in [9.17, 15) is 0 Å². The minimum absolute atomic E-state index is 0.461. The lowest BCUT2D eigenvalue weighted by molar-refractivity contribution is 0.182. The van der Waals surface area contributed by atoms with Gasteiger partial charge in [0.1, 0.15) is 0 Å². The lowest BCUT2D eigenvalue weighted by Crippen LogP contribution is -2.42. The van der Waals surface area contributed by atoms with Crippen molar-refractivity contribution in [3.8, 4) is 0 Å². The number of rotatable bonds is 4. The van der Waals surface area contributed by atoms with E-state index in [-0.39, 0.29) is 0 Å². The Morgan fingerprint density at radius 1 is 1.00 bits per heavy atom. The number of hydrogen-bond acceptors (Lipinski definition) is 3. The van der Waals surface area contributed by atoms with E-state index in [4.69, 9.17) is 5.73 Å². The van der Waals surface area contributed by atoms with Crippen molar-refractivity contribution < 1.29 is 0 Å². The molecule has 2 aliphatic rings. The topological polar surface area (TPSA) is 32.5 Å². The largest absolute Gasteiger partial charge is 0.328 e. The molecule has 1 atom stereocenters. The van der Waals surface area contributed by atoms with Crippen molar-refractivity contribution >= 4 is 0 Å². The molecule has 2 heterocycles. The van der Waals surface area contributed by atoms with Gasteiger partial charge in [-0.25, -0.2) is 0 Å². The molecule has 0 saturated carbocycles. The first kappa shape index (κ1) is 13.3. The summed E-state index contributed by atoms with van der Waals surface area (Å²) < 4.78 is 0. The molecule has 2 fully saturated rings. The summed E-state index contributed by atoms with van der Waals surface area (Å²) in [5.74, 6) is 1.79. The summed E-state index contributed by atoms with van der Waals surface area (Å²) in [6.45, 7) is 12.3. The maximum atomic E-state index is 5.93. The van der Waals surface area contributed by atoms with Crippen LogP contribution in [0.3, 0.4) is 0 Å². The Balaban J connectivity index is 1.63. The van der Waals surface area contributed by atoms with Gasteiger partial charge in [-0.3, -0.25) is 0 Å². The van der Waals surface area contributed by atoms with Gasteiger partial charge < -0.3 is 15.5 Å². The fourth-order valence-corrected chi connectivity index (χ4v) is 3.07. The summed E-state index contributed by atoms with van der Waals surface area (Å²) in [6.07, 6.45) is 3.78. The van der Waals surface area contributed by atoms with Crippen LogP contribution in [0.5, 0.6) is 0 Å². The molecule has 100 valence electrons. The summed E-state index contributed by atoms with van der Waals surface area (Å²) in [5, 5.41) is 0. The van der Waals surface area contributed by atoms with Crippen LogP contribution in [0.2, 0.25) is 0 Å². The highest BCUT2D eigenvalue weighted by atomic mass is 15.2. The fourth-order valence-electron chi connectivity index (χ4n) is 3.07. The number of piperidine rings is 1. The Hall–Kier alpha value is -0.120. The SMILES string of the molecule is CC(C)C1CCN(CCN2CCC(N)CC2)C1. The van der Waals surface area contributed by atoms with Crippen LogP contribution in [-0.2, 0) is 0 Å². The predicted molar refractivity (Wildman–Crippen MR) is 73.0 cm³/mol. The summed E-state index contributed by atoms with van der Waals surface area (Å²) in [7, 11) is 0. The maximum Gasteiger partial charge on any atom is 0.0109 e. The van der Waals surface area contributed by atoms with E-state index in [1.807, 2.05) is 0 Å². The van der Waals surface area contributed by atoms with Gasteiger partial charge in [-0.15, -0.1) is 0 Å². The monoisotopic (exact) mass is 239 g/mol. The molecular formula is C14H29N3. The molecule has 0 aliphatic carbocycles. The first-order valence-electron chi connectivity index (χ1n) is 7.35. The third-order valence-electron chi connectivity index (χ3n) is 4.62. The van der Waals surface area contributed by atoms with Crippen LogP contribution in [0.15, 0.2) is 0 Å². The molecule has 0 aromatic carbocycles. The maximum absolute atomic E-state index is 5.93. The predicted octanol–water partition coefficient (Wildman–Crippen LogP) is 1.39. The zero-order valence-electron chi connectivity index (χ0n) is 11.6. The van der Waals surface area contributed by atoms with E-state index in [1.165, 1.54) is 58.5 Å². The number of hydrogen-bond donors (Lipinski definition) is 1. The Morgan fingerprint density at radius 2 is 1.59 bits per heavy atom. The average molecular weight is 239 g/mol. The van der Waals surface area contributed by atoms with Crippen LogP contribution in [0.4, 0.5) is 0 Å². The van der Waals surface area contributed by atoms with Crippen LogP contribution in [0, 0.1) is 11.8 Å². The molecule has 0 radical (unpaired) electrons. The summed E-state index contributed by atoms with van der Waals surface area (Å²) in [4.78, 5) is 5.24. The van der Waals surface area contributed by atoms with Gasteiger partial charge in [0.15, 0.2) is 0 Å². The van der Waals surface area contributed by atoms with Gasteiger partial charge in [-0.05, 0) is 50.7 Å². The first-order valence-corrected chi connectivity index (χ1v) is 7.35. The van der Waals surface area contributed by atoms with E-state index in [1.54, 1.807) is 0 Å². The van der Waals surface area contributed by atoms with Crippen molar-refractivity contribution in [1.82, 2.24) is 9.80 Å². The third-order valence-corrected chi connectivity index (χ3v) is 4.62. The van der Waals surface area contributed by atoms with Crippen LogP contribution in [0.1, 0.15) is 33.1 Å². The average Bonchev–Trinajstić information content (AvgIpc) is 2.77. The fraction of sp³-hybridized carbons (Fsp3) is 1.00. The van der Waals surface area contributed by atoms with Crippen molar-refractivity contribution in [2.75, 3.05) is 39.3 Å². The number of likely N-dealkylation sites (tertiary alicyclic amines) is 2. The van der Waals surface area contributed by atoms with Gasteiger partial charge in [0, 0.05) is 25.7 Å². The zero-order chi connectivity index (χ0) is 12.3. The van der Waals surface area contributed by atoms with Crippen LogP contribution in [0.25, 0.3) is 0 Å². The smallest absolute Gasteiger partial charge is 0.0109 e. The molecule has 2 N–H and O–H groups in total. The molecule has 3 nitrogen and oxygen atoms in total. The molecule has 0 spiro atoms. The van der Waals surface area contributed by atoms with Crippen molar-refractivity contribution in [2.45, 2.75) is 39.2 Å². The molecular weight excluding hydrogens is 210 g/mol. The Labute approximate surface area is 106 Å². The second-order valence-electron chi connectivity index (χ2n) is 6.27. The standard InChI is InChI=1S/C14H29N3/c1-12(2)13-3-6-17(11-13)10-9-16-7-4-14(15)5-8-16/h12-14H,3-11,15H2,1-2H3. The molecule has 2 aliphatic heterocycles. The third kappa shape index (κ3) is 3.94. The number of nitrogens with zero attached hydrogens (tertiary/aromatic N) is 2. The molecule has 1 unspecified atom stereocenters. The van der Waals surface area contributed by atoms with Crippen LogP contribution < -0.4 is 5.73 Å². The lowest BCUT2D eigenvalue weighted by Gasteiger charge is -2.31. The quantitative estimate of drug-likeness (QED) is 0.804. The van der Waals surface area contributed by atoms with Gasteiger partial charge in [0.2, 0.25) is 0 Å². The molecule has 3 heteroatoms. The van der Waals surface area contributed by atoms with E-state index in [2.05, 4.69) is 23.6 Å². The Morgan fingerprint density at radius 3 is 2.18 bits per heavy atom. The van der Waals surface area contributed by atoms with Crippen LogP contribution in [-0.4, -0.2) is 55.1 Å². The molecule has 0 amide bonds. The van der Waals surface area contributed by atoms with Gasteiger partial charge in [0.25, 0.3) is 0 Å².